The summed E-state index contributed by atoms with van der Waals surface area (Å²) < 4.78 is 5.46. The molecule has 1 N–H and O–H groups in total. The maximum absolute atomic E-state index is 5.46. The fourth-order valence-corrected chi connectivity index (χ4v) is 2.56. The van der Waals surface area contributed by atoms with E-state index in [9.17, 15) is 0 Å². The van der Waals surface area contributed by atoms with Crippen LogP contribution in [-0.2, 0) is 6.54 Å². The molecule has 0 saturated heterocycles. The fraction of sp³-hybridized carbons (Fsp3) is 0.312. The van der Waals surface area contributed by atoms with Gasteiger partial charge in [-0.3, -0.25) is 0 Å². The Labute approximate surface area is 124 Å². The van der Waals surface area contributed by atoms with E-state index in [0.29, 0.717) is 12.5 Å². The molecule has 0 bridgehead atoms. The second-order valence-electron chi connectivity index (χ2n) is 4.65. The molecule has 0 saturated carbocycles. The molecule has 106 valence electrons. The Morgan fingerprint density at radius 2 is 2.20 bits per heavy atom. The first-order valence-corrected chi connectivity index (χ1v) is 7.60. The highest BCUT2D eigenvalue weighted by molar-refractivity contribution is 7.09. The molecular formula is C16H20N2OS. The molecule has 0 spiro atoms. The zero-order valence-electron chi connectivity index (χ0n) is 11.7. The Bertz CT molecular complexity index is 508. The molecule has 3 nitrogen and oxygen atoms in total. The van der Waals surface area contributed by atoms with Gasteiger partial charge in [-0.15, -0.1) is 11.3 Å². The van der Waals surface area contributed by atoms with E-state index in [4.69, 9.17) is 4.74 Å². The van der Waals surface area contributed by atoms with Gasteiger partial charge < -0.3 is 10.1 Å². The van der Waals surface area contributed by atoms with Crippen molar-refractivity contribution in [2.45, 2.75) is 19.4 Å². The molecule has 1 aromatic carbocycles. The topological polar surface area (TPSA) is 34.1 Å². The van der Waals surface area contributed by atoms with Gasteiger partial charge in [0.25, 0.3) is 0 Å². The van der Waals surface area contributed by atoms with Gasteiger partial charge in [0.15, 0.2) is 0 Å². The lowest BCUT2D eigenvalue weighted by atomic mass is 10.1. The lowest BCUT2D eigenvalue weighted by Crippen LogP contribution is -2.19. The Morgan fingerprint density at radius 3 is 2.85 bits per heavy atom. The molecule has 0 aliphatic heterocycles. The number of thiazole rings is 1. The highest BCUT2D eigenvalue weighted by Gasteiger charge is 2.07. The Morgan fingerprint density at radius 1 is 1.40 bits per heavy atom. The molecule has 0 aliphatic carbocycles. The minimum atomic E-state index is 0.449. The lowest BCUT2D eigenvalue weighted by Gasteiger charge is -2.10. The van der Waals surface area contributed by atoms with Crippen molar-refractivity contribution in [2.24, 2.45) is 0 Å². The van der Waals surface area contributed by atoms with Gasteiger partial charge in [0, 0.05) is 30.6 Å². The molecular weight excluding hydrogens is 268 g/mol. The van der Waals surface area contributed by atoms with Crippen molar-refractivity contribution in [3.8, 4) is 5.75 Å². The van der Waals surface area contributed by atoms with Gasteiger partial charge in [-0.25, -0.2) is 4.98 Å². The standard InChI is InChI=1S/C16H20N2OS/c1-3-9-19-15-6-4-14(5-7-15)12-17-11-13(2)16-18-8-10-20-16/h3-8,10,13,17H,1,9,11-12H2,2H3. The maximum atomic E-state index is 5.46. The summed E-state index contributed by atoms with van der Waals surface area (Å²) in [7, 11) is 0. The van der Waals surface area contributed by atoms with Crippen LogP contribution >= 0.6 is 11.3 Å². The van der Waals surface area contributed by atoms with Crippen LogP contribution in [0.15, 0.2) is 48.5 Å². The largest absolute Gasteiger partial charge is 0.490 e. The first kappa shape index (κ1) is 14.8. The SMILES string of the molecule is C=CCOc1ccc(CNCC(C)c2nccs2)cc1. The minimum absolute atomic E-state index is 0.449. The first-order valence-electron chi connectivity index (χ1n) is 6.72. The number of aromatic nitrogens is 1. The fourth-order valence-electron chi connectivity index (χ4n) is 1.86. The number of hydrogen-bond acceptors (Lipinski definition) is 4. The summed E-state index contributed by atoms with van der Waals surface area (Å²) in [5, 5.41) is 6.67. The molecule has 0 radical (unpaired) electrons. The summed E-state index contributed by atoms with van der Waals surface area (Å²) in [5.74, 6) is 1.33. The third kappa shape index (κ3) is 4.47. The summed E-state index contributed by atoms with van der Waals surface area (Å²) in [4.78, 5) is 4.34. The van der Waals surface area contributed by atoms with E-state index >= 15 is 0 Å². The zero-order chi connectivity index (χ0) is 14.2. The van der Waals surface area contributed by atoms with Crippen LogP contribution in [0.5, 0.6) is 5.75 Å². The van der Waals surface area contributed by atoms with Crippen LogP contribution in [-0.4, -0.2) is 18.1 Å². The van der Waals surface area contributed by atoms with E-state index in [2.05, 4.69) is 35.9 Å². The van der Waals surface area contributed by atoms with Crippen LogP contribution in [0.1, 0.15) is 23.4 Å². The molecule has 1 unspecified atom stereocenters. The van der Waals surface area contributed by atoms with Gasteiger partial charge in [-0.1, -0.05) is 31.7 Å². The molecule has 0 aliphatic rings. The predicted molar refractivity (Wildman–Crippen MR) is 84.4 cm³/mol. The average Bonchev–Trinajstić information content (AvgIpc) is 3.00. The van der Waals surface area contributed by atoms with Crippen molar-refractivity contribution in [3.05, 3.63) is 59.1 Å². The number of nitrogens with one attached hydrogen (secondary N) is 1. The number of hydrogen-bond donors (Lipinski definition) is 1. The normalized spacial score (nSPS) is 12.1. The van der Waals surface area contributed by atoms with E-state index in [1.165, 1.54) is 10.6 Å². The molecule has 2 rings (SSSR count). The molecule has 20 heavy (non-hydrogen) atoms. The minimum Gasteiger partial charge on any atom is -0.490 e. The van der Waals surface area contributed by atoms with E-state index < -0.39 is 0 Å². The van der Waals surface area contributed by atoms with E-state index in [-0.39, 0.29) is 0 Å². The van der Waals surface area contributed by atoms with Crippen molar-refractivity contribution in [2.75, 3.05) is 13.2 Å². The Hall–Kier alpha value is -1.65. The summed E-state index contributed by atoms with van der Waals surface area (Å²) in [6, 6.07) is 8.15. The van der Waals surface area contributed by atoms with Gasteiger partial charge in [0.2, 0.25) is 0 Å². The molecule has 0 amide bonds. The first-order chi connectivity index (χ1) is 9.79. The van der Waals surface area contributed by atoms with Crippen LogP contribution in [0.2, 0.25) is 0 Å². The summed E-state index contributed by atoms with van der Waals surface area (Å²) in [5.41, 5.74) is 1.25. The zero-order valence-corrected chi connectivity index (χ0v) is 12.5. The molecule has 1 heterocycles. The van der Waals surface area contributed by atoms with Crippen LogP contribution < -0.4 is 10.1 Å². The van der Waals surface area contributed by atoms with Gasteiger partial charge in [-0.2, -0.15) is 0 Å². The number of ether oxygens (including phenoxy) is 1. The van der Waals surface area contributed by atoms with Gasteiger partial charge >= 0.3 is 0 Å². The molecule has 4 heteroatoms. The number of nitrogens with zero attached hydrogens (tertiary/aromatic N) is 1. The van der Waals surface area contributed by atoms with Gasteiger partial charge in [0.05, 0.1) is 5.01 Å². The maximum Gasteiger partial charge on any atom is 0.119 e. The van der Waals surface area contributed by atoms with Gasteiger partial charge in [-0.05, 0) is 17.7 Å². The predicted octanol–water partition coefficient (Wildman–Crippen LogP) is 3.60. The third-order valence-electron chi connectivity index (χ3n) is 2.94. The van der Waals surface area contributed by atoms with Crippen molar-refractivity contribution >= 4 is 11.3 Å². The highest BCUT2D eigenvalue weighted by atomic mass is 32.1. The van der Waals surface area contributed by atoms with Crippen LogP contribution in [0.4, 0.5) is 0 Å². The smallest absolute Gasteiger partial charge is 0.119 e. The summed E-state index contributed by atoms with van der Waals surface area (Å²) in [6.45, 7) is 8.16. The quantitative estimate of drug-likeness (QED) is 0.754. The molecule has 1 aromatic heterocycles. The Balaban J connectivity index is 1.75. The number of benzene rings is 1. The van der Waals surface area contributed by atoms with Crippen LogP contribution in [0.3, 0.4) is 0 Å². The molecule has 2 aromatic rings. The third-order valence-corrected chi connectivity index (χ3v) is 3.95. The summed E-state index contributed by atoms with van der Waals surface area (Å²) >= 11 is 1.71. The number of rotatable bonds is 8. The highest BCUT2D eigenvalue weighted by Crippen LogP contribution is 2.17. The van der Waals surface area contributed by atoms with E-state index in [1.54, 1.807) is 17.4 Å². The van der Waals surface area contributed by atoms with Crippen molar-refractivity contribution < 1.29 is 4.74 Å². The van der Waals surface area contributed by atoms with Crippen molar-refractivity contribution in [3.63, 3.8) is 0 Å². The van der Waals surface area contributed by atoms with Crippen LogP contribution in [0.25, 0.3) is 0 Å². The van der Waals surface area contributed by atoms with E-state index in [0.717, 1.165) is 18.8 Å². The average molecular weight is 288 g/mol. The van der Waals surface area contributed by atoms with E-state index in [1.807, 2.05) is 23.7 Å². The van der Waals surface area contributed by atoms with Crippen molar-refractivity contribution in [1.29, 1.82) is 0 Å². The molecule has 1 atom stereocenters. The van der Waals surface area contributed by atoms with Crippen LogP contribution in [0, 0.1) is 0 Å². The molecule has 0 fully saturated rings. The summed E-state index contributed by atoms with van der Waals surface area (Å²) in [6.07, 6.45) is 3.61. The monoisotopic (exact) mass is 288 g/mol. The van der Waals surface area contributed by atoms with Gasteiger partial charge in [0.1, 0.15) is 12.4 Å². The van der Waals surface area contributed by atoms with Crippen molar-refractivity contribution in [1.82, 2.24) is 10.3 Å². The second-order valence-corrected chi connectivity index (χ2v) is 5.57. The second kappa shape index (κ2) is 7.82. The lowest BCUT2D eigenvalue weighted by molar-refractivity contribution is 0.363. The Kier molecular flexibility index (Phi) is 5.77.